The summed E-state index contributed by atoms with van der Waals surface area (Å²) < 4.78 is 5.72. The molecule has 1 saturated carbocycles. The Morgan fingerprint density at radius 3 is 2.35 bits per heavy atom. The van der Waals surface area contributed by atoms with Gasteiger partial charge in [0, 0.05) is 69.2 Å². The second kappa shape index (κ2) is 19.9. The molecule has 2 atom stereocenters. The fraction of sp³-hybridized carbons (Fsp3) is 0.449. The molecular formula is C49H60N10O5S. The molecule has 1 aliphatic carbocycles. The van der Waals surface area contributed by atoms with Crippen LogP contribution in [0.4, 0.5) is 11.4 Å². The molecule has 15 nitrogen and oxygen atoms in total. The number of benzene rings is 2. The lowest BCUT2D eigenvalue weighted by atomic mass is 9.82. The Labute approximate surface area is 384 Å². The maximum atomic E-state index is 14.2. The number of amides is 4. The van der Waals surface area contributed by atoms with Crippen molar-refractivity contribution >= 4 is 46.3 Å². The summed E-state index contributed by atoms with van der Waals surface area (Å²) in [5.74, 6) is -0.381. The highest BCUT2D eigenvalue weighted by atomic mass is 32.1. The van der Waals surface area contributed by atoms with Crippen LogP contribution in [0, 0.1) is 18.3 Å². The van der Waals surface area contributed by atoms with Crippen molar-refractivity contribution < 1.29 is 23.9 Å². The van der Waals surface area contributed by atoms with E-state index in [1.165, 1.54) is 0 Å². The van der Waals surface area contributed by atoms with Gasteiger partial charge in [-0.15, -0.1) is 11.3 Å². The number of nitrogens with zero attached hydrogens (tertiary/aromatic N) is 6. The molecule has 342 valence electrons. The number of nitrogens with one attached hydrogen (secondary N) is 4. The van der Waals surface area contributed by atoms with Crippen molar-refractivity contribution in [2.75, 3.05) is 50.1 Å². The van der Waals surface area contributed by atoms with Gasteiger partial charge in [-0.25, -0.2) is 9.97 Å². The Morgan fingerprint density at radius 1 is 0.908 bits per heavy atom. The van der Waals surface area contributed by atoms with E-state index in [0.717, 1.165) is 91.4 Å². The Morgan fingerprint density at radius 2 is 1.68 bits per heavy atom. The molecule has 3 fully saturated rings. The molecule has 4 amide bonds. The summed E-state index contributed by atoms with van der Waals surface area (Å²) in [6.07, 6.45) is 6.31. The van der Waals surface area contributed by atoms with Crippen LogP contribution in [0.5, 0.6) is 5.75 Å². The third-order valence-electron chi connectivity index (χ3n) is 13.1. The summed E-state index contributed by atoms with van der Waals surface area (Å²) in [6.45, 7) is 12.2. The number of anilines is 2. The SMILES string of the molecule is COc1cc(N2CCN(C3CCC(C(=O)NC(C(=O)N4CCCC4C(=O)NCc4ccc(-c5scnc5C)cc4)C(C)(C)C)CC3)CC2)ccc1NC(=O)c1cccc(-c2ccn[nH]2)n1. The van der Waals surface area contributed by atoms with Crippen molar-refractivity contribution in [3.63, 3.8) is 0 Å². The number of thiazole rings is 1. The first-order valence-electron chi connectivity index (χ1n) is 22.7. The van der Waals surface area contributed by atoms with E-state index >= 15 is 0 Å². The van der Waals surface area contributed by atoms with Gasteiger partial charge in [0.15, 0.2) is 0 Å². The number of carbonyl (C=O) groups excluding carboxylic acids is 4. The smallest absolute Gasteiger partial charge is 0.274 e. The molecule has 5 aromatic rings. The Balaban J connectivity index is 0.799. The molecule has 65 heavy (non-hydrogen) atoms. The van der Waals surface area contributed by atoms with Crippen LogP contribution in [0.25, 0.3) is 21.8 Å². The van der Waals surface area contributed by atoms with Crippen LogP contribution in [0.2, 0.25) is 0 Å². The maximum Gasteiger partial charge on any atom is 0.274 e. The first-order valence-corrected chi connectivity index (χ1v) is 23.6. The lowest BCUT2D eigenvalue weighted by molar-refractivity contribution is -0.144. The topological polar surface area (TPSA) is 178 Å². The van der Waals surface area contributed by atoms with Gasteiger partial charge in [0.1, 0.15) is 23.5 Å². The lowest BCUT2D eigenvalue weighted by Gasteiger charge is -2.43. The zero-order chi connectivity index (χ0) is 45.7. The number of aromatic amines is 1. The Kier molecular flexibility index (Phi) is 13.9. The number of carbonyl (C=O) groups is 4. The van der Waals surface area contributed by atoms with Crippen molar-refractivity contribution in [2.24, 2.45) is 11.3 Å². The van der Waals surface area contributed by atoms with E-state index < -0.39 is 17.5 Å². The van der Waals surface area contributed by atoms with Crippen molar-refractivity contribution in [1.29, 1.82) is 0 Å². The molecule has 2 saturated heterocycles. The van der Waals surface area contributed by atoms with Crippen LogP contribution in [0.1, 0.15) is 81.0 Å². The third kappa shape index (κ3) is 10.5. The van der Waals surface area contributed by atoms with Gasteiger partial charge < -0.3 is 30.5 Å². The molecule has 3 aliphatic rings. The van der Waals surface area contributed by atoms with E-state index in [-0.39, 0.29) is 35.2 Å². The number of aryl methyl sites for hydroxylation is 1. The van der Waals surface area contributed by atoms with E-state index in [1.54, 1.807) is 47.7 Å². The predicted molar refractivity (Wildman–Crippen MR) is 253 cm³/mol. The van der Waals surface area contributed by atoms with Crippen molar-refractivity contribution in [2.45, 2.75) is 90.9 Å². The molecule has 5 heterocycles. The van der Waals surface area contributed by atoms with Gasteiger partial charge in [-0.3, -0.25) is 29.2 Å². The number of methoxy groups -OCH3 is 1. The van der Waals surface area contributed by atoms with Crippen molar-refractivity contribution in [3.8, 4) is 27.6 Å². The molecule has 3 aromatic heterocycles. The molecule has 8 rings (SSSR count). The average molecular weight is 901 g/mol. The summed E-state index contributed by atoms with van der Waals surface area (Å²) in [6, 6.07) is 20.1. The van der Waals surface area contributed by atoms with Crippen molar-refractivity contribution in [3.05, 3.63) is 95.4 Å². The van der Waals surface area contributed by atoms with E-state index in [1.807, 2.05) is 81.7 Å². The zero-order valence-electron chi connectivity index (χ0n) is 37.9. The molecule has 4 N–H and O–H groups in total. The first-order chi connectivity index (χ1) is 31.4. The van der Waals surface area contributed by atoms with Gasteiger partial charge in [-0.2, -0.15) is 5.10 Å². The van der Waals surface area contributed by atoms with Gasteiger partial charge in [0.05, 0.1) is 40.3 Å². The highest BCUT2D eigenvalue weighted by molar-refractivity contribution is 7.13. The second-order valence-electron chi connectivity index (χ2n) is 18.4. The minimum atomic E-state index is -0.747. The quantitative estimate of drug-likeness (QED) is 0.0997. The normalized spacial score (nSPS) is 19.7. The summed E-state index contributed by atoms with van der Waals surface area (Å²) in [7, 11) is 1.60. The van der Waals surface area contributed by atoms with Crippen LogP contribution in [-0.4, -0.2) is 112 Å². The number of likely N-dealkylation sites (tertiary alicyclic amines) is 1. The number of piperazine rings is 1. The molecule has 2 unspecified atom stereocenters. The zero-order valence-corrected chi connectivity index (χ0v) is 38.7. The van der Waals surface area contributed by atoms with Gasteiger partial charge in [-0.1, -0.05) is 51.1 Å². The first kappa shape index (κ1) is 45.4. The van der Waals surface area contributed by atoms with E-state index in [0.29, 0.717) is 42.7 Å². The van der Waals surface area contributed by atoms with E-state index in [9.17, 15) is 19.2 Å². The fourth-order valence-corrected chi connectivity index (χ4v) is 10.2. The summed E-state index contributed by atoms with van der Waals surface area (Å²) in [5, 5.41) is 16.0. The molecule has 16 heteroatoms. The molecule has 0 spiro atoms. The number of rotatable bonds is 13. The Bertz CT molecular complexity index is 2450. The highest BCUT2D eigenvalue weighted by Gasteiger charge is 2.43. The van der Waals surface area contributed by atoms with Crippen molar-refractivity contribution in [1.82, 2.24) is 40.6 Å². The van der Waals surface area contributed by atoms with Crippen LogP contribution < -0.4 is 25.6 Å². The summed E-state index contributed by atoms with van der Waals surface area (Å²) in [4.78, 5) is 71.4. The largest absolute Gasteiger partial charge is 0.494 e. The maximum absolute atomic E-state index is 14.2. The van der Waals surface area contributed by atoms with Crippen LogP contribution in [-0.2, 0) is 20.9 Å². The number of H-pyrrole nitrogens is 1. The number of hydrogen-bond acceptors (Lipinski definition) is 11. The molecular weight excluding hydrogens is 841 g/mol. The van der Waals surface area contributed by atoms with Gasteiger partial charge in [0.25, 0.3) is 5.91 Å². The number of pyridine rings is 1. The van der Waals surface area contributed by atoms with Gasteiger partial charge >= 0.3 is 0 Å². The van der Waals surface area contributed by atoms with E-state index in [4.69, 9.17) is 4.74 Å². The molecule has 0 radical (unpaired) electrons. The predicted octanol–water partition coefficient (Wildman–Crippen LogP) is 6.68. The lowest BCUT2D eigenvalue weighted by Crippen LogP contribution is -2.58. The third-order valence-corrected chi connectivity index (χ3v) is 14.1. The average Bonchev–Trinajstić information content (AvgIpc) is 4.14. The van der Waals surface area contributed by atoms with Gasteiger partial charge in [0.2, 0.25) is 17.7 Å². The minimum Gasteiger partial charge on any atom is -0.494 e. The van der Waals surface area contributed by atoms with Crippen LogP contribution in [0.15, 0.2) is 78.4 Å². The molecule has 0 bridgehead atoms. The minimum absolute atomic E-state index is 0.0776. The number of hydrogen-bond donors (Lipinski definition) is 4. The van der Waals surface area contributed by atoms with Crippen LogP contribution >= 0.6 is 11.3 Å². The highest BCUT2D eigenvalue weighted by Crippen LogP contribution is 2.34. The standard InChI is InChI=1S/C49H60N10O5S/c1-31-43(65-30-51-31)33-13-11-32(12-14-33)29-50-47(62)41-10-7-23-59(41)48(63)44(49(2,3)4)55-45(60)34-15-17-35(18-16-34)57-24-26-58(27-25-57)36-19-20-39(42(28-36)64-5)54-46(61)40-9-6-8-37(53-40)38-21-22-52-56-38/h6,8-9,11-14,19-22,28,30,34-35,41,44H,7,10,15-18,23-27,29H2,1-5H3,(H,50,62)(H,52,56)(H,54,61)(H,55,60). The second-order valence-corrected chi connectivity index (χ2v) is 19.3. The molecule has 2 aromatic carbocycles. The molecule has 2 aliphatic heterocycles. The van der Waals surface area contributed by atoms with E-state index in [2.05, 4.69) is 45.9 Å². The summed E-state index contributed by atoms with van der Waals surface area (Å²) in [5.41, 5.74) is 7.59. The monoisotopic (exact) mass is 900 g/mol. The number of ether oxygens (including phenoxy) is 1. The number of aromatic nitrogens is 4. The van der Waals surface area contributed by atoms with Gasteiger partial charge in [-0.05, 0) is 92.3 Å². The Hall–Kier alpha value is -6.13. The van der Waals surface area contributed by atoms with Crippen LogP contribution in [0.3, 0.4) is 0 Å². The fourth-order valence-electron chi connectivity index (χ4n) is 9.36. The summed E-state index contributed by atoms with van der Waals surface area (Å²) >= 11 is 1.61.